The Morgan fingerprint density at radius 2 is 1.60 bits per heavy atom. The third-order valence-electron chi connectivity index (χ3n) is 4.16. The highest BCUT2D eigenvalue weighted by molar-refractivity contribution is 6.30. The number of nitrogens with zero attached hydrogens (tertiary/aromatic N) is 7. The lowest BCUT2D eigenvalue weighted by atomic mass is 10.0. The molecule has 0 saturated carbocycles. The molecule has 1 saturated heterocycles. The van der Waals surface area contributed by atoms with Gasteiger partial charge in [-0.1, -0.05) is 11.6 Å². The SMILES string of the molecule is COc1nc(OC)nc(N2CCC(N(C)c3ncc(Cl)cn3)CC2)n1. The minimum atomic E-state index is 0.246. The molecule has 0 radical (unpaired) electrons. The zero-order valence-electron chi connectivity index (χ0n) is 14.4. The van der Waals surface area contributed by atoms with Crippen LogP contribution in [-0.4, -0.2) is 65.3 Å². The summed E-state index contributed by atoms with van der Waals surface area (Å²) in [5, 5.41) is 0.532. The van der Waals surface area contributed by atoms with Crippen LogP contribution >= 0.6 is 11.6 Å². The van der Waals surface area contributed by atoms with Crippen molar-refractivity contribution in [1.29, 1.82) is 0 Å². The molecule has 0 amide bonds. The Morgan fingerprint density at radius 3 is 2.12 bits per heavy atom. The van der Waals surface area contributed by atoms with Crippen LogP contribution < -0.4 is 19.3 Å². The smallest absolute Gasteiger partial charge is 0.324 e. The van der Waals surface area contributed by atoms with Crippen molar-refractivity contribution in [3.8, 4) is 12.0 Å². The number of methoxy groups -OCH3 is 2. The van der Waals surface area contributed by atoms with Gasteiger partial charge in [0, 0.05) is 26.2 Å². The first-order chi connectivity index (χ1) is 12.1. The zero-order valence-corrected chi connectivity index (χ0v) is 15.1. The summed E-state index contributed by atoms with van der Waals surface area (Å²) in [6.45, 7) is 1.61. The lowest BCUT2D eigenvalue weighted by molar-refractivity contribution is 0.338. The summed E-state index contributed by atoms with van der Waals surface area (Å²) in [6.07, 6.45) is 5.08. The largest absolute Gasteiger partial charge is 0.467 e. The molecule has 0 aliphatic carbocycles. The third kappa shape index (κ3) is 3.98. The standard InChI is InChI=1S/C15H20ClN7O2/c1-22(12-17-8-10(16)9-18-12)11-4-6-23(7-5-11)13-19-14(24-2)21-15(20-13)25-3/h8-9,11H,4-7H2,1-3H3. The summed E-state index contributed by atoms with van der Waals surface area (Å²) in [6, 6.07) is 0.828. The van der Waals surface area contributed by atoms with E-state index in [1.807, 2.05) is 7.05 Å². The van der Waals surface area contributed by atoms with Gasteiger partial charge in [0.1, 0.15) is 0 Å². The van der Waals surface area contributed by atoms with Crippen LogP contribution in [0.1, 0.15) is 12.8 Å². The second kappa shape index (κ2) is 7.64. The summed E-state index contributed by atoms with van der Waals surface area (Å²) < 4.78 is 10.2. The summed E-state index contributed by atoms with van der Waals surface area (Å²) >= 11 is 5.85. The van der Waals surface area contributed by atoms with Crippen molar-refractivity contribution in [2.75, 3.05) is 44.2 Å². The van der Waals surface area contributed by atoms with E-state index in [0.29, 0.717) is 23.0 Å². The first-order valence-electron chi connectivity index (χ1n) is 7.90. The van der Waals surface area contributed by atoms with Crippen LogP contribution in [0.5, 0.6) is 12.0 Å². The Labute approximate surface area is 151 Å². The number of hydrogen-bond donors (Lipinski definition) is 0. The number of rotatable bonds is 5. The summed E-state index contributed by atoms with van der Waals surface area (Å²) in [4.78, 5) is 25.4. The van der Waals surface area contributed by atoms with E-state index in [1.165, 1.54) is 14.2 Å². The molecule has 0 aromatic carbocycles. The Hall–Kier alpha value is -2.42. The normalized spacial score (nSPS) is 15.1. The molecule has 3 heterocycles. The van der Waals surface area contributed by atoms with Gasteiger partial charge in [0.05, 0.1) is 31.6 Å². The highest BCUT2D eigenvalue weighted by atomic mass is 35.5. The Kier molecular flexibility index (Phi) is 5.32. The Bertz CT molecular complexity index is 685. The van der Waals surface area contributed by atoms with E-state index in [1.54, 1.807) is 12.4 Å². The highest BCUT2D eigenvalue weighted by Crippen LogP contribution is 2.23. The molecule has 1 aliphatic rings. The second-order valence-electron chi connectivity index (χ2n) is 5.64. The van der Waals surface area contributed by atoms with Crippen molar-refractivity contribution < 1.29 is 9.47 Å². The fourth-order valence-electron chi connectivity index (χ4n) is 2.76. The van der Waals surface area contributed by atoms with Gasteiger partial charge in [0.15, 0.2) is 0 Å². The van der Waals surface area contributed by atoms with Crippen molar-refractivity contribution in [3.05, 3.63) is 17.4 Å². The highest BCUT2D eigenvalue weighted by Gasteiger charge is 2.26. The lowest BCUT2D eigenvalue weighted by Gasteiger charge is -2.36. The maximum atomic E-state index is 5.85. The van der Waals surface area contributed by atoms with Gasteiger partial charge < -0.3 is 19.3 Å². The molecule has 0 spiro atoms. The van der Waals surface area contributed by atoms with Gasteiger partial charge >= 0.3 is 12.0 Å². The fourth-order valence-corrected chi connectivity index (χ4v) is 2.85. The van der Waals surface area contributed by atoms with Gasteiger partial charge in [-0.05, 0) is 12.8 Å². The summed E-state index contributed by atoms with van der Waals surface area (Å²) in [5.74, 6) is 1.24. The first-order valence-corrected chi connectivity index (χ1v) is 8.28. The van der Waals surface area contributed by atoms with Crippen LogP contribution in [0.4, 0.5) is 11.9 Å². The van der Waals surface area contributed by atoms with Gasteiger partial charge in [0.25, 0.3) is 0 Å². The lowest BCUT2D eigenvalue weighted by Crippen LogP contribution is -2.44. The number of ether oxygens (including phenoxy) is 2. The van der Waals surface area contributed by atoms with Gasteiger partial charge in [-0.2, -0.15) is 9.97 Å². The van der Waals surface area contributed by atoms with E-state index in [2.05, 4.69) is 34.7 Å². The molecule has 9 nitrogen and oxygen atoms in total. The molecule has 3 rings (SSSR count). The monoisotopic (exact) mass is 365 g/mol. The molecule has 1 aliphatic heterocycles. The molecule has 10 heteroatoms. The van der Waals surface area contributed by atoms with E-state index in [0.717, 1.165) is 25.9 Å². The van der Waals surface area contributed by atoms with Crippen LogP contribution in [-0.2, 0) is 0 Å². The van der Waals surface area contributed by atoms with Crippen LogP contribution in [0, 0.1) is 0 Å². The maximum absolute atomic E-state index is 5.85. The maximum Gasteiger partial charge on any atom is 0.324 e. The number of halogens is 1. The minimum Gasteiger partial charge on any atom is -0.467 e. The van der Waals surface area contributed by atoms with E-state index in [-0.39, 0.29) is 12.0 Å². The van der Waals surface area contributed by atoms with Crippen molar-refractivity contribution in [1.82, 2.24) is 24.9 Å². The molecular formula is C15H20ClN7O2. The molecule has 2 aromatic heterocycles. The quantitative estimate of drug-likeness (QED) is 0.780. The van der Waals surface area contributed by atoms with Crippen molar-refractivity contribution in [2.24, 2.45) is 0 Å². The number of anilines is 2. The van der Waals surface area contributed by atoms with Crippen LogP contribution in [0.15, 0.2) is 12.4 Å². The molecule has 0 N–H and O–H groups in total. The zero-order chi connectivity index (χ0) is 17.8. The average molecular weight is 366 g/mol. The average Bonchev–Trinajstić information content (AvgIpc) is 2.67. The predicted molar refractivity (Wildman–Crippen MR) is 93.6 cm³/mol. The minimum absolute atomic E-state index is 0.246. The summed E-state index contributed by atoms with van der Waals surface area (Å²) in [7, 11) is 5.04. The number of aromatic nitrogens is 5. The van der Waals surface area contributed by atoms with Gasteiger partial charge in [-0.25, -0.2) is 9.97 Å². The molecule has 25 heavy (non-hydrogen) atoms. The molecule has 1 fully saturated rings. The van der Waals surface area contributed by atoms with Crippen molar-refractivity contribution >= 4 is 23.5 Å². The number of hydrogen-bond acceptors (Lipinski definition) is 9. The molecule has 134 valence electrons. The van der Waals surface area contributed by atoms with Gasteiger partial charge in [-0.3, -0.25) is 0 Å². The molecule has 0 bridgehead atoms. The first kappa shape index (κ1) is 17.4. The molecule has 0 unspecified atom stereocenters. The van der Waals surface area contributed by atoms with Crippen molar-refractivity contribution in [2.45, 2.75) is 18.9 Å². The topological polar surface area (TPSA) is 89.4 Å². The van der Waals surface area contributed by atoms with Gasteiger partial charge in [-0.15, -0.1) is 4.98 Å². The van der Waals surface area contributed by atoms with Crippen LogP contribution in [0.25, 0.3) is 0 Å². The fraction of sp³-hybridized carbons (Fsp3) is 0.533. The third-order valence-corrected chi connectivity index (χ3v) is 4.36. The predicted octanol–water partition coefficient (Wildman–Crippen LogP) is 1.44. The van der Waals surface area contributed by atoms with E-state index in [4.69, 9.17) is 21.1 Å². The number of piperidine rings is 1. The van der Waals surface area contributed by atoms with Crippen LogP contribution in [0.2, 0.25) is 5.02 Å². The van der Waals surface area contributed by atoms with Crippen molar-refractivity contribution in [3.63, 3.8) is 0 Å². The molecule has 0 atom stereocenters. The van der Waals surface area contributed by atoms with E-state index < -0.39 is 0 Å². The molecular weight excluding hydrogens is 346 g/mol. The second-order valence-corrected chi connectivity index (χ2v) is 6.08. The van der Waals surface area contributed by atoms with Gasteiger partial charge in [0.2, 0.25) is 11.9 Å². The molecule has 2 aromatic rings. The van der Waals surface area contributed by atoms with E-state index >= 15 is 0 Å². The van der Waals surface area contributed by atoms with Crippen LogP contribution in [0.3, 0.4) is 0 Å². The van der Waals surface area contributed by atoms with E-state index in [9.17, 15) is 0 Å². The summed E-state index contributed by atoms with van der Waals surface area (Å²) in [5.41, 5.74) is 0. The Morgan fingerprint density at radius 1 is 1.04 bits per heavy atom. The Balaban J connectivity index is 1.66.